The Labute approximate surface area is 657 Å². The molecule has 26 rings (SSSR count). The number of imidazole rings is 2. The highest BCUT2D eigenvalue weighted by atomic mass is 16.6. The number of rotatable bonds is 10. The first-order valence-electron chi connectivity index (χ1n) is 41.7. The predicted molar refractivity (Wildman–Crippen MR) is 445 cm³/mol. The summed E-state index contributed by atoms with van der Waals surface area (Å²) < 4.78 is 11.5. The smallest absolute Gasteiger partial charge is 0.410 e. The summed E-state index contributed by atoms with van der Waals surface area (Å²) in [7, 11) is 0. The van der Waals surface area contributed by atoms with Gasteiger partial charge >= 0.3 is 12.2 Å². The van der Waals surface area contributed by atoms with Crippen LogP contribution in [0.1, 0.15) is 212 Å². The summed E-state index contributed by atoms with van der Waals surface area (Å²) in [6.45, 7) is 12.6. The van der Waals surface area contributed by atoms with Crippen LogP contribution >= 0.6 is 0 Å². The van der Waals surface area contributed by atoms with Crippen LogP contribution in [-0.4, -0.2) is 84.1 Å². The number of nitrogens with zero attached hydrogens (tertiary/aromatic N) is 4. The molecule has 4 spiro atoms. The van der Waals surface area contributed by atoms with Crippen LogP contribution in [0.25, 0.3) is 66.6 Å². The number of likely N-dealkylation sites (tertiary alicyclic amines) is 2. The molecule has 6 saturated carbocycles. The van der Waals surface area contributed by atoms with Gasteiger partial charge in [-0.15, -0.1) is 0 Å². The van der Waals surface area contributed by atoms with E-state index in [-0.39, 0.29) is 40.7 Å². The first-order valence-corrected chi connectivity index (χ1v) is 41.7. The van der Waals surface area contributed by atoms with Gasteiger partial charge < -0.3 is 41.5 Å². The minimum atomic E-state index is -0.643. The third-order valence-corrected chi connectivity index (χ3v) is 27.2. The number of carbonyl (C=O) groups excluding carboxylic acids is 4. The van der Waals surface area contributed by atoms with Crippen molar-refractivity contribution in [3.63, 3.8) is 0 Å². The van der Waals surface area contributed by atoms with Crippen molar-refractivity contribution in [2.24, 2.45) is 27.6 Å². The lowest BCUT2D eigenvalue weighted by Crippen LogP contribution is -2.45. The second-order valence-corrected chi connectivity index (χ2v) is 37.8. The van der Waals surface area contributed by atoms with Gasteiger partial charge in [0.15, 0.2) is 0 Å². The van der Waals surface area contributed by atoms with Crippen molar-refractivity contribution in [2.75, 3.05) is 35.2 Å². The van der Waals surface area contributed by atoms with Crippen molar-refractivity contribution in [3.8, 4) is 44.5 Å². The molecule has 4 amide bonds. The second kappa shape index (κ2) is 27.3. The lowest BCUT2D eigenvalue weighted by molar-refractivity contribution is -0.120. The summed E-state index contributed by atoms with van der Waals surface area (Å²) in [6, 6.07) is 52.6. The minimum Gasteiger partial charge on any atom is -0.444 e. The van der Waals surface area contributed by atoms with Crippen LogP contribution in [-0.2, 0) is 70.4 Å². The zero-order valence-electron chi connectivity index (χ0n) is 65.9. The molecule has 112 heavy (non-hydrogen) atoms. The van der Waals surface area contributed by atoms with E-state index in [0.29, 0.717) is 52.5 Å². The van der Waals surface area contributed by atoms with Crippen molar-refractivity contribution >= 4 is 68.8 Å². The number of hydrogen-bond donors (Lipinski definition) is 6. The fourth-order valence-corrected chi connectivity index (χ4v) is 19.9. The first-order chi connectivity index (χ1) is 53.8. The molecular weight excluding hydrogens is 1390 g/mol. The van der Waals surface area contributed by atoms with Crippen LogP contribution in [0.4, 0.5) is 32.3 Å². The van der Waals surface area contributed by atoms with E-state index >= 15 is 0 Å². The fourth-order valence-electron chi connectivity index (χ4n) is 19.9. The van der Waals surface area contributed by atoms with E-state index in [1.807, 2.05) is 76.8 Å². The van der Waals surface area contributed by atoms with Gasteiger partial charge in [-0.05, 0) is 355 Å². The molecule has 2 aliphatic heterocycles. The van der Waals surface area contributed by atoms with Gasteiger partial charge in [-0.25, -0.2) is 19.6 Å². The molecule has 14 aliphatic carbocycles. The summed E-state index contributed by atoms with van der Waals surface area (Å²) in [4.78, 5) is 74.4. The highest BCUT2D eigenvalue weighted by Crippen LogP contribution is 2.63. The average Bonchev–Trinajstić information content (AvgIpc) is 1.58. The molecule has 4 heterocycles. The van der Waals surface area contributed by atoms with E-state index in [1.54, 1.807) is 4.90 Å². The highest BCUT2D eigenvalue weighted by molar-refractivity contribution is 6.00. The zero-order chi connectivity index (χ0) is 76.8. The molecule has 0 radical (unpaired) electrons. The Kier molecular flexibility index (Phi) is 17.6. The number of aromatic amines is 2. The second-order valence-electron chi connectivity index (χ2n) is 37.8. The molecule has 16 aliphatic rings. The Hall–Kier alpha value is -10.2. The summed E-state index contributed by atoms with van der Waals surface area (Å²) >= 11 is 0. The van der Waals surface area contributed by atoms with Gasteiger partial charge in [-0.1, -0.05) is 97.1 Å². The minimum absolute atomic E-state index is 0.0210. The molecule has 2 unspecified atom stereocenters. The number of benzene rings is 8. The van der Waals surface area contributed by atoms with Gasteiger partial charge in [0.05, 0.1) is 50.9 Å². The number of aryl methyl sites for hydroxylation is 8. The van der Waals surface area contributed by atoms with Crippen molar-refractivity contribution < 1.29 is 28.7 Å². The van der Waals surface area contributed by atoms with E-state index in [1.165, 1.54) is 142 Å². The number of nitrogens with two attached hydrogens (primary N) is 2. The maximum atomic E-state index is 13.7. The zero-order valence-corrected chi connectivity index (χ0v) is 65.9. The number of nitrogen functional groups attached to an aromatic ring is 2. The first kappa shape index (κ1) is 72.1. The Morgan fingerprint density at radius 1 is 0.420 bits per heavy atom. The van der Waals surface area contributed by atoms with Gasteiger partial charge in [-0.2, -0.15) is 0 Å². The number of fused-ring (bicyclic) bond motifs is 2. The maximum absolute atomic E-state index is 13.7. The summed E-state index contributed by atoms with van der Waals surface area (Å²) in [5.41, 5.74) is 39.9. The van der Waals surface area contributed by atoms with E-state index in [4.69, 9.17) is 30.9 Å². The third kappa shape index (κ3) is 14.7. The molecule has 8 fully saturated rings. The fraction of sp³-hybridized carbons (Fsp3) is 0.438. The van der Waals surface area contributed by atoms with E-state index in [2.05, 4.69) is 136 Å². The number of ether oxygens (including phenoxy) is 2. The van der Waals surface area contributed by atoms with Crippen molar-refractivity contribution in [1.29, 1.82) is 0 Å². The summed E-state index contributed by atoms with van der Waals surface area (Å²) in [5, 5.41) is 6.19. The Balaban J connectivity index is 0.000000151. The van der Waals surface area contributed by atoms with Gasteiger partial charge in [-0.3, -0.25) is 19.4 Å². The van der Waals surface area contributed by atoms with Gasteiger partial charge in [0.2, 0.25) is 11.8 Å². The molecule has 4 atom stereocenters. The molecule has 8 N–H and O–H groups in total. The van der Waals surface area contributed by atoms with Crippen LogP contribution in [0, 0.1) is 27.6 Å². The Bertz CT molecular complexity index is 5460. The Morgan fingerprint density at radius 2 is 0.821 bits per heavy atom. The topological polar surface area (TPSA) is 227 Å². The maximum Gasteiger partial charge on any atom is 0.410 e. The van der Waals surface area contributed by atoms with Crippen LogP contribution in [0.3, 0.4) is 0 Å². The average molecular weight is 1500 g/mol. The molecular formula is C96H106N10O6. The molecule has 16 nitrogen and oxygen atoms in total. The number of anilines is 4. The van der Waals surface area contributed by atoms with Crippen LogP contribution < -0.4 is 22.1 Å². The van der Waals surface area contributed by atoms with Crippen LogP contribution in [0.5, 0.6) is 0 Å². The van der Waals surface area contributed by atoms with E-state index in [9.17, 15) is 19.2 Å². The SMILES string of the molecule is CC(C)(C)OC(=O)N1CC2(CC2)CC1c1nc2ccc(-c3cc4ccc3CCc3ccc(c(-c5ccc6nc([C@H]7CCC8(CC8)C7)[nH]c6c5)c3)CC4)cc2[nH]1.CC(C)(C)OC(=O)N1CC2(CC2)C[C@H]1C(=O)Nc1ccc(-c2cc3ccc2CCc2ccc(c(-c4ccc(NC(=O)C5CCC6(CC6)C5)c(N)c4)c2)CC3)cc1N. The molecule has 10 aromatic rings. The number of H-pyrrole nitrogens is 2. The summed E-state index contributed by atoms with van der Waals surface area (Å²) in [5.74, 6) is 2.60. The molecule has 16 heteroatoms. The van der Waals surface area contributed by atoms with Crippen LogP contribution in [0.2, 0.25) is 0 Å². The quantitative estimate of drug-likeness (QED) is 0.0710. The standard InChI is InChI=1S/C48H55N5O4.C48H51N5O2/c1-46(2,3)57-45(56)53-28-48(20-21-48)27-42(53)44(55)52-41-15-13-34(25-39(41)50)37-23-30-5-9-31-8-4-29(6-10-32(37)11-7-30)22-36(31)33-12-14-40(38(49)24-33)51-43(54)35-16-17-47(26-35)18-19-47;1-46(2,3)55-45(54)53-28-48(20-21-48)27-42(53)44-50-39-15-13-34(25-41(39)52-44)37-23-30-5-9-31-8-4-29(6-10-32(37)11-7-30)22-36(31)33-12-14-38-40(24-33)51-43(49-38)35-16-17-47(26-35)18-19-47/h4,7-8,11-15,22-25,35,42H,5-6,9-10,16-21,26-28,49-50H2,1-3H3,(H,51,54)(H,52,55);4,7-8,11-15,22-25,35,42H,5-6,9-10,16-21,26-28H2,1-3H3,(H,49,51)(H,50,52)/t35?,42-;35-,42?/m00/s1. The number of carbonyl (C=O) groups is 4. The molecule has 2 aromatic heterocycles. The molecule has 8 aromatic carbocycles. The number of nitrogens with one attached hydrogen (secondary N) is 4. The van der Waals surface area contributed by atoms with Gasteiger partial charge in [0.25, 0.3) is 0 Å². The van der Waals surface area contributed by atoms with Gasteiger partial charge in [0.1, 0.15) is 28.9 Å². The van der Waals surface area contributed by atoms with Gasteiger partial charge in [0, 0.05) is 24.9 Å². The lowest BCUT2D eigenvalue weighted by atomic mass is 9.87. The lowest BCUT2D eigenvalue weighted by Gasteiger charge is -2.28. The Morgan fingerprint density at radius 3 is 1.27 bits per heavy atom. The predicted octanol–water partition coefficient (Wildman–Crippen LogP) is 20.5. The monoisotopic (exact) mass is 1490 g/mol. The normalized spacial score (nSPS) is 21.7. The van der Waals surface area contributed by atoms with Crippen molar-refractivity contribution in [1.82, 2.24) is 29.7 Å². The summed E-state index contributed by atoms with van der Waals surface area (Å²) in [6.07, 6.45) is 25.0. The van der Waals surface area contributed by atoms with Crippen molar-refractivity contribution in [2.45, 2.75) is 225 Å². The van der Waals surface area contributed by atoms with Crippen LogP contribution in [0.15, 0.2) is 146 Å². The number of hydrogen-bond acceptors (Lipinski definition) is 10. The molecule has 8 bridgehead atoms. The number of amides is 4. The third-order valence-electron chi connectivity index (χ3n) is 27.2. The van der Waals surface area contributed by atoms with E-state index < -0.39 is 23.3 Å². The molecule has 576 valence electrons. The highest BCUT2D eigenvalue weighted by Gasteiger charge is 2.57. The van der Waals surface area contributed by atoms with Crippen molar-refractivity contribution in [3.05, 3.63) is 202 Å². The molecule has 2 saturated heterocycles. The largest absolute Gasteiger partial charge is 0.444 e. The van der Waals surface area contributed by atoms with E-state index in [0.717, 1.165) is 135 Å². The number of aromatic nitrogens is 4.